The first kappa shape index (κ1) is 16.3. The largest absolute Gasteiger partial charge is 0.496 e. The number of hydrogen-bond acceptors (Lipinski definition) is 4. The van der Waals surface area contributed by atoms with Gasteiger partial charge in [0.25, 0.3) is 0 Å². The van der Waals surface area contributed by atoms with E-state index in [1.54, 1.807) is 6.07 Å². The van der Waals surface area contributed by atoms with Crippen molar-refractivity contribution in [1.29, 1.82) is 0 Å². The van der Waals surface area contributed by atoms with Crippen molar-refractivity contribution in [2.45, 2.75) is 17.7 Å². The van der Waals surface area contributed by atoms with Crippen LogP contribution in [0, 0.1) is 5.92 Å². The zero-order valence-electron chi connectivity index (χ0n) is 11.5. The van der Waals surface area contributed by atoms with E-state index >= 15 is 0 Å². The Morgan fingerprint density at radius 3 is 2.76 bits per heavy atom. The molecule has 0 bridgehead atoms. The van der Waals surface area contributed by atoms with Crippen LogP contribution in [0.4, 0.5) is 0 Å². The highest BCUT2D eigenvalue weighted by Gasteiger charge is 2.33. The zero-order chi connectivity index (χ0) is 15.6. The Labute approximate surface area is 131 Å². The molecule has 1 unspecified atom stereocenters. The predicted molar refractivity (Wildman–Crippen MR) is 79.8 cm³/mol. The summed E-state index contributed by atoms with van der Waals surface area (Å²) in [6.07, 6.45) is 1.06. The van der Waals surface area contributed by atoms with Gasteiger partial charge in [0.1, 0.15) is 5.75 Å². The first-order valence-electron chi connectivity index (χ1n) is 6.42. The topological polar surface area (TPSA) is 83.9 Å². The van der Waals surface area contributed by atoms with Gasteiger partial charge in [-0.15, -0.1) is 0 Å². The minimum atomic E-state index is -3.69. The average molecular weight is 378 g/mol. The van der Waals surface area contributed by atoms with Gasteiger partial charge in [-0.1, -0.05) is 0 Å². The molecule has 0 saturated carbocycles. The minimum Gasteiger partial charge on any atom is -0.496 e. The van der Waals surface area contributed by atoms with E-state index in [9.17, 15) is 13.2 Å². The standard InChI is InChI=1S/C13H16BrNO5S/c1-20-12-5-4-10(7-11(12)14)21(18,19)15-6-2-3-9(8-15)13(16)17/h4-5,7,9H,2-3,6,8H2,1H3,(H,16,17). The first-order chi connectivity index (χ1) is 9.86. The second-order valence-electron chi connectivity index (χ2n) is 4.84. The summed E-state index contributed by atoms with van der Waals surface area (Å²) in [5, 5.41) is 9.06. The van der Waals surface area contributed by atoms with Crippen LogP contribution in [-0.2, 0) is 14.8 Å². The van der Waals surface area contributed by atoms with Gasteiger partial charge in [-0.05, 0) is 47.0 Å². The van der Waals surface area contributed by atoms with Crippen LogP contribution in [0.1, 0.15) is 12.8 Å². The molecular weight excluding hydrogens is 362 g/mol. The number of ether oxygens (including phenoxy) is 1. The number of carboxylic acids is 1. The van der Waals surface area contributed by atoms with E-state index in [-0.39, 0.29) is 11.4 Å². The fourth-order valence-electron chi connectivity index (χ4n) is 2.32. The fourth-order valence-corrected chi connectivity index (χ4v) is 4.56. The summed E-state index contributed by atoms with van der Waals surface area (Å²) in [7, 11) is -2.20. The molecule has 0 aliphatic carbocycles. The Bertz CT molecular complexity index is 646. The zero-order valence-corrected chi connectivity index (χ0v) is 13.9. The van der Waals surface area contributed by atoms with Crippen LogP contribution in [0.5, 0.6) is 5.75 Å². The molecule has 2 rings (SSSR count). The Morgan fingerprint density at radius 2 is 2.19 bits per heavy atom. The molecule has 1 aromatic carbocycles. The molecule has 6 nitrogen and oxygen atoms in total. The van der Waals surface area contributed by atoms with Crippen molar-refractivity contribution in [2.75, 3.05) is 20.2 Å². The molecule has 0 radical (unpaired) electrons. The number of carbonyl (C=O) groups is 1. The summed E-state index contributed by atoms with van der Waals surface area (Å²) >= 11 is 3.26. The maximum Gasteiger partial charge on any atom is 0.307 e. The summed E-state index contributed by atoms with van der Waals surface area (Å²) in [6.45, 7) is 0.358. The lowest BCUT2D eigenvalue weighted by molar-refractivity contribution is -0.142. The van der Waals surface area contributed by atoms with E-state index < -0.39 is 21.9 Å². The number of hydrogen-bond donors (Lipinski definition) is 1. The second kappa shape index (κ2) is 6.33. The van der Waals surface area contributed by atoms with E-state index in [0.717, 1.165) is 0 Å². The number of rotatable bonds is 4. The smallest absolute Gasteiger partial charge is 0.307 e. The lowest BCUT2D eigenvalue weighted by Gasteiger charge is -2.29. The molecule has 0 spiro atoms. The third-order valence-corrected chi connectivity index (χ3v) is 5.98. The molecule has 8 heteroatoms. The summed E-state index contributed by atoms with van der Waals surface area (Å²) < 4.78 is 32.0. The van der Waals surface area contributed by atoms with Gasteiger partial charge in [0.05, 0.1) is 22.4 Å². The van der Waals surface area contributed by atoms with Crippen molar-refractivity contribution >= 4 is 31.9 Å². The summed E-state index contributed by atoms with van der Waals surface area (Å²) in [4.78, 5) is 11.2. The minimum absolute atomic E-state index is 0.0152. The molecule has 1 saturated heterocycles. The number of piperidine rings is 1. The number of halogens is 1. The van der Waals surface area contributed by atoms with Crippen LogP contribution in [-0.4, -0.2) is 44.0 Å². The van der Waals surface area contributed by atoms with Crippen LogP contribution < -0.4 is 4.74 Å². The van der Waals surface area contributed by atoms with Gasteiger partial charge >= 0.3 is 5.97 Å². The van der Waals surface area contributed by atoms with E-state index in [1.165, 1.54) is 23.5 Å². The Balaban J connectivity index is 2.29. The van der Waals surface area contributed by atoms with Crippen molar-refractivity contribution in [3.8, 4) is 5.75 Å². The fraction of sp³-hybridized carbons (Fsp3) is 0.462. The lowest BCUT2D eigenvalue weighted by atomic mass is 10.0. The van der Waals surface area contributed by atoms with Gasteiger partial charge in [-0.3, -0.25) is 4.79 Å². The highest BCUT2D eigenvalue weighted by atomic mass is 79.9. The van der Waals surface area contributed by atoms with Gasteiger partial charge in [0.2, 0.25) is 10.0 Å². The molecule has 1 heterocycles. The molecule has 21 heavy (non-hydrogen) atoms. The Hall–Kier alpha value is -1.12. The van der Waals surface area contributed by atoms with Crippen LogP contribution in [0.25, 0.3) is 0 Å². The molecule has 1 aliphatic rings. The molecule has 1 atom stereocenters. The molecule has 0 aromatic heterocycles. The number of sulfonamides is 1. The highest BCUT2D eigenvalue weighted by molar-refractivity contribution is 9.10. The molecule has 116 valence electrons. The van der Waals surface area contributed by atoms with Gasteiger partial charge in [-0.25, -0.2) is 8.42 Å². The third kappa shape index (κ3) is 3.38. The monoisotopic (exact) mass is 377 g/mol. The summed E-state index contributed by atoms with van der Waals surface area (Å²) in [5.41, 5.74) is 0. The van der Waals surface area contributed by atoms with Gasteiger partial charge in [0.15, 0.2) is 0 Å². The first-order valence-corrected chi connectivity index (χ1v) is 8.66. The normalized spacial score (nSPS) is 20.2. The number of methoxy groups -OCH3 is 1. The molecule has 1 fully saturated rings. The maximum atomic E-state index is 12.6. The average Bonchev–Trinajstić information content (AvgIpc) is 2.47. The summed E-state index contributed by atoms with van der Waals surface area (Å²) in [5.74, 6) is -1.06. The molecule has 0 amide bonds. The SMILES string of the molecule is COc1ccc(S(=O)(=O)N2CCCC(C(=O)O)C2)cc1Br. The second-order valence-corrected chi connectivity index (χ2v) is 7.63. The number of aliphatic carboxylic acids is 1. The van der Waals surface area contributed by atoms with Gasteiger partial charge in [0, 0.05) is 13.1 Å². The van der Waals surface area contributed by atoms with Crippen LogP contribution in [0.2, 0.25) is 0 Å². The molecule has 1 aromatic rings. The summed E-state index contributed by atoms with van der Waals surface area (Å²) in [6, 6.07) is 4.50. The quantitative estimate of drug-likeness (QED) is 0.866. The highest BCUT2D eigenvalue weighted by Crippen LogP contribution is 2.30. The van der Waals surface area contributed by atoms with Crippen LogP contribution in [0.15, 0.2) is 27.6 Å². The van der Waals surface area contributed by atoms with E-state index in [2.05, 4.69) is 15.9 Å². The molecule has 1 aliphatic heterocycles. The van der Waals surface area contributed by atoms with E-state index in [4.69, 9.17) is 9.84 Å². The lowest BCUT2D eigenvalue weighted by Crippen LogP contribution is -2.42. The Kier molecular flexibility index (Phi) is 4.90. The Morgan fingerprint density at radius 1 is 1.48 bits per heavy atom. The van der Waals surface area contributed by atoms with Gasteiger partial charge < -0.3 is 9.84 Å². The van der Waals surface area contributed by atoms with E-state index in [0.29, 0.717) is 29.6 Å². The van der Waals surface area contributed by atoms with Crippen molar-refractivity contribution in [3.05, 3.63) is 22.7 Å². The number of benzene rings is 1. The number of nitrogens with zero attached hydrogens (tertiary/aromatic N) is 1. The molecular formula is C13H16BrNO5S. The molecule has 1 N–H and O–H groups in total. The van der Waals surface area contributed by atoms with Crippen molar-refractivity contribution in [1.82, 2.24) is 4.31 Å². The van der Waals surface area contributed by atoms with Crippen molar-refractivity contribution in [2.24, 2.45) is 5.92 Å². The van der Waals surface area contributed by atoms with Gasteiger partial charge in [-0.2, -0.15) is 4.31 Å². The predicted octanol–water partition coefficient (Wildman–Crippen LogP) is 1.94. The third-order valence-electron chi connectivity index (χ3n) is 3.49. The number of carboxylic acid groups (broad SMARTS) is 1. The maximum absolute atomic E-state index is 12.6. The van der Waals surface area contributed by atoms with E-state index in [1.807, 2.05) is 0 Å². The van der Waals surface area contributed by atoms with Crippen LogP contribution in [0.3, 0.4) is 0 Å². The van der Waals surface area contributed by atoms with Crippen LogP contribution >= 0.6 is 15.9 Å². The van der Waals surface area contributed by atoms with Crippen molar-refractivity contribution in [3.63, 3.8) is 0 Å². The van der Waals surface area contributed by atoms with Crippen molar-refractivity contribution < 1.29 is 23.1 Å².